The zero-order chi connectivity index (χ0) is 10.8. The van der Waals surface area contributed by atoms with Gasteiger partial charge in [0.05, 0.1) is 0 Å². The minimum Gasteiger partial charge on any atom is -0.475 e. The van der Waals surface area contributed by atoms with Crippen LogP contribution in [0.25, 0.3) is 0 Å². The molecule has 0 atom stereocenters. The van der Waals surface area contributed by atoms with E-state index in [0.717, 1.165) is 0 Å². The number of rotatable bonds is 1. The smallest absolute Gasteiger partial charge is 0.371 e. The van der Waals surface area contributed by atoms with Crippen molar-refractivity contribution >= 4 is 5.97 Å². The molecule has 82 valence electrons. The molecular formula is C10H12O5. The quantitative estimate of drug-likeness (QED) is 0.652. The molecule has 0 amide bonds. The third kappa shape index (κ3) is 4.31. The number of aromatic carboxylic acids is 1. The molecule has 1 rings (SSSR count). The van der Waals surface area contributed by atoms with Crippen LogP contribution < -0.4 is 0 Å². The second kappa shape index (κ2) is 4.64. The fourth-order valence-electron chi connectivity index (χ4n) is 0.735. The van der Waals surface area contributed by atoms with Gasteiger partial charge >= 0.3 is 5.97 Å². The summed E-state index contributed by atoms with van der Waals surface area (Å²) in [6.45, 7) is 3.06. The summed E-state index contributed by atoms with van der Waals surface area (Å²) in [6, 6.07) is 2.76. The summed E-state index contributed by atoms with van der Waals surface area (Å²) in [6.07, 6.45) is 0. The second-order valence-corrected chi connectivity index (χ2v) is 3.28. The van der Waals surface area contributed by atoms with Crippen molar-refractivity contribution in [3.8, 4) is 11.8 Å². The Hall–Kier alpha value is -1.77. The van der Waals surface area contributed by atoms with E-state index in [9.17, 15) is 9.90 Å². The summed E-state index contributed by atoms with van der Waals surface area (Å²) < 4.78 is 4.86. The van der Waals surface area contributed by atoms with E-state index in [1.165, 1.54) is 26.0 Å². The molecule has 1 heterocycles. The Morgan fingerprint density at radius 1 is 1.47 bits per heavy atom. The molecule has 4 N–H and O–H groups in total. The van der Waals surface area contributed by atoms with Gasteiger partial charge in [-0.15, -0.1) is 0 Å². The van der Waals surface area contributed by atoms with Crippen molar-refractivity contribution in [2.24, 2.45) is 0 Å². The van der Waals surface area contributed by atoms with Crippen molar-refractivity contribution in [3.05, 3.63) is 23.7 Å². The molecule has 0 saturated carbocycles. The lowest BCUT2D eigenvalue weighted by Gasteiger charge is -2.05. The predicted molar refractivity (Wildman–Crippen MR) is 52.5 cm³/mol. The van der Waals surface area contributed by atoms with Crippen LogP contribution in [0.1, 0.15) is 30.2 Å². The number of carboxylic acid groups (broad SMARTS) is 1. The first-order valence-electron chi connectivity index (χ1n) is 3.97. The number of carbonyl (C=O) groups is 1. The van der Waals surface area contributed by atoms with Crippen LogP contribution in [-0.4, -0.2) is 27.3 Å². The SMILES string of the molecule is CC(C)(O)C#Cc1ccc(C(=O)O)o1.O. The number of furan rings is 1. The summed E-state index contributed by atoms with van der Waals surface area (Å²) in [7, 11) is 0. The molecule has 0 aromatic carbocycles. The molecule has 1 aromatic heterocycles. The maximum atomic E-state index is 10.4. The molecular weight excluding hydrogens is 200 g/mol. The van der Waals surface area contributed by atoms with Crippen LogP contribution >= 0.6 is 0 Å². The van der Waals surface area contributed by atoms with Gasteiger partial charge in [-0.25, -0.2) is 4.79 Å². The van der Waals surface area contributed by atoms with E-state index < -0.39 is 11.6 Å². The van der Waals surface area contributed by atoms with Gasteiger partial charge in [-0.3, -0.25) is 0 Å². The van der Waals surface area contributed by atoms with E-state index in [4.69, 9.17) is 9.52 Å². The third-order valence-electron chi connectivity index (χ3n) is 1.31. The Balaban J connectivity index is 0.00000196. The normalized spacial score (nSPS) is 9.80. The topological polar surface area (TPSA) is 102 Å². The van der Waals surface area contributed by atoms with Crippen LogP contribution in [0.15, 0.2) is 16.5 Å². The minimum absolute atomic E-state index is 0. The second-order valence-electron chi connectivity index (χ2n) is 3.28. The van der Waals surface area contributed by atoms with Crippen molar-refractivity contribution in [1.29, 1.82) is 0 Å². The van der Waals surface area contributed by atoms with Crippen LogP contribution in [0.4, 0.5) is 0 Å². The molecule has 0 bridgehead atoms. The molecule has 5 heteroatoms. The molecule has 0 aliphatic rings. The molecule has 0 radical (unpaired) electrons. The highest BCUT2D eigenvalue weighted by molar-refractivity contribution is 5.84. The summed E-state index contributed by atoms with van der Waals surface area (Å²) in [5, 5.41) is 17.8. The number of hydrogen-bond donors (Lipinski definition) is 2. The molecule has 0 fully saturated rings. The first-order valence-corrected chi connectivity index (χ1v) is 3.97. The summed E-state index contributed by atoms with van der Waals surface area (Å²) in [5.41, 5.74) is -1.11. The summed E-state index contributed by atoms with van der Waals surface area (Å²) in [5.74, 6) is 3.97. The fraction of sp³-hybridized carbons (Fsp3) is 0.300. The highest BCUT2D eigenvalue weighted by Crippen LogP contribution is 2.07. The van der Waals surface area contributed by atoms with Gasteiger partial charge in [-0.05, 0) is 31.9 Å². The van der Waals surface area contributed by atoms with E-state index in [1.54, 1.807) is 0 Å². The van der Waals surface area contributed by atoms with Crippen LogP contribution in [0.5, 0.6) is 0 Å². The standard InChI is InChI=1S/C10H10O4.H2O/c1-10(2,13)6-5-7-3-4-8(14-7)9(11)12;/h3-4,13H,1-2H3,(H,11,12);1H2. The molecule has 15 heavy (non-hydrogen) atoms. The molecule has 0 spiro atoms. The lowest BCUT2D eigenvalue weighted by atomic mass is 10.1. The average Bonchev–Trinajstić information content (AvgIpc) is 2.47. The summed E-state index contributed by atoms with van der Waals surface area (Å²) in [4.78, 5) is 10.4. The van der Waals surface area contributed by atoms with Gasteiger partial charge in [0.2, 0.25) is 5.76 Å². The highest BCUT2D eigenvalue weighted by Gasteiger charge is 2.09. The average molecular weight is 212 g/mol. The first kappa shape index (κ1) is 13.2. The monoisotopic (exact) mass is 212 g/mol. The zero-order valence-electron chi connectivity index (χ0n) is 8.37. The van der Waals surface area contributed by atoms with E-state index in [2.05, 4.69) is 11.8 Å². The Morgan fingerprint density at radius 2 is 2.07 bits per heavy atom. The molecule has 0 aliphatic carbocycles. The van der Waals surface area contributed by atoms with Crippen molar-refractivity contribution in [3.63, 3.8) is 0 Å². The fourth-order valence-corrected chi connectivity index (χ4v) is 0.735. The maximum absolute atomic E-state index is 10.4. The molecule has 0 aliphatic heterocycles. The number of hydrogen-bond acceptors (Lipinski definition) is 3. The van der Waals surface area contributed by atoms with Gasteiger partial charge in [0.15, 0.2) is 5.76 Å². The molecule has 5 nitrogen and oxygen atoms in total. The van der Waals surface area contributed by atoms with Crippen molar-refractivity contribution < 1.29 is 24.9 Å². The van der Waals surface area contributed by atoms with Gasteiger partial charge in [0.25, 0.3) is 0 Å². The molecule has 1 aromatic rings. The lowest BCUT2D eigenvalue weighted by molar-refractivity contribution is 0.0662. The van der Waals surface area contributed by atoms with Crippen molar-refractivity contribution in [1.82, 2.24) is 0 Å². The lowest BCUT2D eigenvalue weighted by Crippen LogP contribution is -2.14. The highest BCUT2D eigenvalue weighted by atomic mass is 16.4. The predicted octanol–water partition coefficient (Wildman–Crippen LogP) is 0.275. The Morgan fingerprint density at radius 3 is 2.47 bits per heavy atom. The first-order chi connectivity index (χ1) is 6.38. The maximum Gasteiger partial charge on any atom is 0.371 e. The van der Waals surface area contributed by atoms with Gasteiger partial charge in [-0.2, -0.15) is 0 Å². The van der Waals surface area contributed by atoms with Gasteiger partial charge in [-0.1, -0.05) is 5.92 Å². The van der Waals surface area contributed by atoms with Gasteiger partial charge < -0.3 is 20.1 Å². The molecule has 0 saturated heterocycles. The third-order valence-corrected chi connectivity index (χ3v) is 1.31. The Kier molecular flexibility index (Phi) is 4.09. The van der Waals surface area contributed by atoms with Crippen LogP contribution in [0, 0.1) is 11.8 Å². The van der Waals surface area contributed by atoms with Crippen molar-refractivity contribution in [2.75, 3.05) is 0 Å². The van der Waals surface area contributed by atoms with Crippen LogP contribution in [-0.2, 0) is 0 Å². The molecule has 0 unspecified atom stereocenters. The van der Waals surface area contributed by atoms with Crippen molar-refractivity contribution in [2.45, 2.75) is 19.4 Å². The van der Waals surface area contributed by atoms with E-state index in [0.29, 0.717) is 0 Å². The van der Waals surface area contributed by atoms with E-state index in [-0.39, 0.29) is 17.0 Å². The van der Waals surface area contributed by atoms with E-state index in [1.807, 2.05) is 0 Å². The Labute approximate surface area is 86.6 Å². The number of aliphatic hydroxyl groups is 1. The summed E-state index contributed by atoms with van der Waals surface area (Å²) >= 11 is 0. The van der Waals surface area contributed by atoms with Crippen LogP contribution in [0.2, 0.25) is 0 Å². The zero-order valence-corrected chi connectivity index (χ0v) is 8.37. The minimum atomic E-state index is -1.14. The number of carboxylic acids is 1. The Bertz CT molecular complexity index is 399. The van der Waals surface area contributed by atoms with Gasteiger partial charge in [0, 0.05) is 0 Å². The van der Waals surface area contributed by atoms with E-state index >= 15 is 0 Å². The van der Waals surface area contributed by atoms with Crippen LogP contribution in [0.3, 0.4) is 0 Å². The largest absolute Gasteiger partial charge is 0.475 e. The van der Waals surface area contributed by atoms with Gasteiger partial charge in [0.1, 0.15) is 5.60 Å².